The van der Waals surface area contributed by atoms with Crippen LogP contribution in [0.25, 0.3) is 0 Å². The normalized spacial score (nSPS) is 12.8. The van der Waals surface area contributed by atoms with Crippen LogP contribution >= 0.6 is 0 Å². The van der Waals surface area contributed by atoms with Crippen LogP contribution in [0.1, 0.15) is 19.8 Å². The summed E-state index contributed by atoms with van der Waals surface area (Å²) in [7, 11) is 1.65. The maximum Gasteiger partial charge on any atom is 0.120 e. The summed E-state index contributed by atoms with van der Waals surface area (Å²) in [6.07, 6.45) is 1.26. The van der Waals surface area contributed by atoms with Crippen LogP contribution in [-0.4, -0.2) is 38.7 Å². The summed E-state index contributed by atoms with van der Waals surface area (Å²) >= 11 is 0. The van der Waals surface area contributed by atoms with Crippen molar-refractivity contribution in [3.8, 4) is 0 Å². The average Bonchev–Trinajstić information content (AvgIpc) is 2.12. The number of methoxy groups -OCH3 is 1. The van der Waals surface area contributed by atoms with Gasteiger partial charge in [0.05, 0.1) is 6.10 Å². The molecule has 0 aliphatic carbocycles. The van der Waals surface area contributed by atoms with Crippen LogP contribution < -0.4 is 0 Å². The zero-order chi connectivity index (χ0) is 10.1. The molecule has 4 nitrogen and oxygen atoms in total. The van der Waals surface area contributed by atoms with Crippen molar-refractivity contribution in [1.82, 2.24) is 0 Å². The lowest BCUT2D eigenvalue weighted by atomic mass is 10.2. The number of nitrogens with one attached hydrogen (secondary N) is 1. The number of rotatable bonds is 8. The minimum absolute atomic E-state index is 0.0293. The van der Waals surface area contributed by atoms with Gasteiger partial charge in [-0.3, -0.25) is 0 Å². The fourth-order valence-electron chi connectivity index (χ4n) is 0.953. The first-order chi connectivity index (χ1) is 6.20. The minimum atomic E-state index is -0.425. The average molecular weight is 188 g/mol. The maximum atomic E-state index is 10.2. The molecule has 1 N–H and O–H groups in total. The molecule has 0 aliphatic rings. The quantitative estimate of drug-likeness (QED) is 0.460. The summed E-state index contributed by atoms with van der Waals surface area (Å²) in [6.45, 7) is 2.76. The van der Waals surface area contributed by atoms with E-state index in [-0.39, 0.29) is 11.8 Å². The molecule has 0 amide bonds. The molecule has 4 heteroatoms. The third-order valence-corrected chi connectivity index (χ3v) is 1.60. The maximum absolute atomic E-state index is 10.2. The zero-order valence-electron chi connectivity index (χ0n) is 8.34. The van der Waals surface area contributed by atoms with Crippen LogP contribution in [0.5, 0.6) is 0 Å². The molecule has 0 heterocycles. The fraction of sp³-hybridized carbons (Fsp3) is 0.889. The van der Waals surface area contributed by atoms with Gasteiger partial charge < -0.3 is 14.9 Å². The van der Waals surface area contributed by atoms with Crippen molar-refractivity contribution in [2.24, 2.45) is 0 Å². The molecule has 1 unspecified atom stereocenters. The van der Waals surface area contributed by atoms with Gasteiger partial charge in [-0.2, -0.15) is 0 Å². The highest BCUT2D eigenvalue weighted by Gasteiger charge is 2.05. The van der Waals surface area contributed by atoms with E-state index in [0.29, 0.717) is 19.6 Å². The first-order valence-electron chi connectivity index (χ1n) is 4.45. The van der Waals surface area contributed by atoms with E-state index in [0.717, 1.165) is 6.42 Å². The van der Waals surface area contributed by atoms with Gasteiger partial charge >= 0.3 is 0 Å². The predicted molar refractivity (Wildman–Crippen MR) is 49.8 cm³/mol. The minimum Gasteiger partial charge on any atom is -0.385 e. The van der Waals surface area contributed by atoms with Crippen molar-refractivity contribution >= 4 is 5.71 Å². The van der Waals surface area contributed by atoms with Gasteiger partial charge in [0.25, 0.3) is 0 Å². The van der Waals surface area contributed by atoms with Crippen molar-refractivity contribution in [3.05, 3.63) is 0 Å². The van der Waals surface area contributed by atoms with Gasteiger partial charge in [-0.1, -0.05) is 0 Å². The van der Waals surface area contributed by atoms with Gasteiger partial charge in [-0.05, 0) is 13.3 Å². The second kappa shape index (κ2) is 8.16. The number of hydrogen-bond donors (Lipinski definition) is 1. The van der Waals surface area contributed by atoms with E-state index < -0.39 is 6.61 Å². The monoisotopic (exact) mass is 188 g/mol. The Labute approximate surface area is 79.4 Å². The van der Waals surface area contributed by atoms with Gasteiger partial charge in [-0.25, -0.2) is 5.11 Å². The molecule has 1 atom stereocenters. The Morgan fingerprint density at radius 3 is 2.69 bits per heavy atom. The molecular formula is C9H18NO3. The molecule has 0 fully saturated rings. The molecule has 0 spiro atoms. The molecule has 0 rings (SSSR count). The van der Waals surface area contributed by atoms with Gasteiger partial charge in [-0.15, -0.1) is 0 Å². The molecule has 0 aliphatic heterocycles. The van der Waals surface area contributed by atoms with Crippen LogP contribution in [-0.2, 0) is 14.6 Å². The molecule has 0 bridgehead atoms. The molecular weight excluding hydrogens is 170 g/mol. The largest absolute Gasteiger partial charge is 0.385 e. The Morgan fingerprint density at radius 1 is 1.46 bits per heavy atom. The van der Waals surface area contributed by atoms with Crippen molar-refractivity contribution < 1.29 is 14.6 Å². The van der Waals surface area contributed by atoms with Gasteiger partial charge in [0.2, 0.25) is 0 Å². The van der Waals surface area contributed by atoms with Gasteiger partial charge in [0.1, 0.15) is 6.61 Å². The van der Waals surface area contributed by atoms with Crippen LogP contribution in [0.15, 0.2) is 0 Å². The van der Waals surface area contributed by atoms with Crippen molar-refractivity contribution in [1.29, 1.82) is 5.41 Å². The molecule has 77 valence electrons. The summed E-state index contributed by atoms with van der Waals surface area (Å²) < 4.78 is 10.2. The summed E-state index contributed by atoms with van der Waals surface area (Å²) in [6, 6.07) is 0. The lowest BCUT2D eigenvalue weighted by molar-refractivity contribution is 0.0534. The number of ether oxygens (including phenoxy) is 2. The highest BCUT2D eigenvalue weighted by Crippen LogP contribution is 1.99. The number of hydrogen-bond acceptors (Lipinski definition) is 3. The molecule has 0 aromatic carbocycles. The Kier molecular flexibility index (Phi) is 7.88. The molecule has 0 aromatic rings. The lowest BCUT2D eigenvalue weighted by Gasteiger charge is -2.11. The van der Waals surface area contributed by atoms with E-state index in [1.54, 1.807) is 7.11 Å². The van der Waals surface area contributed by atoms with Gasteiger partial charge in [0, 0.05) is 32.5 Å². The third kappa shape index (κ3) is 7.90. The summed E-state index contributed by atoms with van der Waals surface area (Å²) in [5, 5.41) is 17.4. The van der Waals surface area contributed by atoms with Crippen LogP contribution in [0.2, 0.25) is 0 Å². The second-order valence-corrected chi connectivity index (χ2v) is 2.98. The van der Waals surface area contributed by atoms with E-state index >= 15 is 0 Å². The summed E-state index contributed by atoms with van der Waals surface area (Å²) in [4.78, 5) is 0. The molecule has 13 heavy (non-hydrogen) atoms. The Bertz CT molecular complexity index is 139. The van der Waals surface area contributed by atoms with E-state index in [2.05, 4.69) is 0 Å². The zero-order valence-corrected chi connectivity index (χ0v) is 8.34. The topological polar surface area (TPSA) is 62.2 Å². The first-order valence-corrected chi connectivity index (χ1v) is 4.45. The lowest BCUT2D eigenvalue weighted by Crippen LogP contribution is -2.16. The highest BCUT2D eigenvalue weighted by molar-refractivity contribution is 5.82. The predicted octanol–water partition coefficient (Wildman–Crippen LogP) is 1.27. The standard InChI is InChI=1S/C9H18NO3/c1-8(6-9(10)7-11)13-5-3-4-12-2/h8,10H,3-7H2,1-2H3. The van der Waals surface area contributed by atoms with E-state index in [9.17, 15) is 5.11 Å². The van der Waals surface area contributed by atoms with Crippen molar-refractivity contribution in [2.45, 2.75) is 25.9 Å². The highest BCUT2D eigenvalue weighted by atomic mass is 16.5. The summed E-state index contributed by atoms with van der Waals surface area (Å²) in [5.41, 5.74) is 0.208. The van der Waals surface area contributed by atoms with Gasteiger partial charge in [0.15, 0.2) is 0 Å². The molecule has 1 radical (unpaired) electrons. The fourth-order valence-corrected chi connectivity index (χ4v) is 0.953. The Balaban J connectivity index is 3.29. The third-order valence-electron chi connectivity index (χ3n) is 1.60. The van der Waals surface area contributed by atoms with Crippen LogP contribution in [0, 0.1) is 5.41 Å². The van der Waals surface area contributed by atoms with E-state index in [1.165, 1.54) is 0 Å². The first kappa shape index (κ1) is 12.6. The molecule has 0 saturated carbocycles. The molecule has 0 saturated heterocycles. The summed E-state index contributed by atoms with van der Waals surface area (Å²) in [5.74, 6) is 0. The molecule has 0 aromatic heterocycles. The second-order valence-electron chi connectivity index (χ2n) is 2.98. The Hall–Kier alpha value is -0.450. The smallest absolute Gasteiger partial charge is 0.120 e. The van der Waals surface area contributed by atoms with Crippen molar-refractivity contribution in [3.63, 3.8) is 0 Å². The van der Waals surface area contributed by atoms with Crippen molar-refractivity contribution in [2.75, 3.05) is 26.9 Å². The van der Waals surface area contributed by atoms with E-state index in [4.69, 9.17) is 14.9 Å². The Morgan fingerprint density at radius 2 is 2.15 bits per heavy atom. The van der Waals surface area contributed by atoms with Crippen LogP contribution in [0.4, 0.5) is 0 Å². The van der Waals surface area contributed by atoms with Crippen LogP contribution in [0.3, 0.4) is 0 Å². The van der Waals surface area contributed by atoms with E-state index in [1.807, 2.05) is 6.92 Å². The SMILES string of the molecule is COCCCOC(C)CC(=N)C[O].